The molecule has 10 nitrogen and oxygen atoms in total. The number of nitrogens with one attached hydrogen (secondary N) is 1. The molecule has 0 bridgehead atoms. The third kappa shape index (κ3) is 6.21. The zero-order chi connectivity index (χ0) is 24.0. The van der Waals surface area contributed by atoms with Gasteiger partial charge in [0.1, 0.15) is 17.5 Å². The molecule has 1 aliphatic heterocycles. The quantitative estimate of drug-likeness (QED) is 0.321. The maximum atomic E-state index is 13.3. The van der Waals surface area contributed by atoms with Crippen LogP contribution < -0.4 is 10.2 Å². The zero-order valence-electron chi connectivity index (χ0n) is 17.8. The van der Waals surface area contributed by atoms with Crippen molar-refractivity contribution >= 4 is 33.5 Å². The average molecular weight is 498 g/mol. The number of ether oxygens (including phenoxy) is 2. The lowest BCUT2D eigenvalue weighted by atomic mass is 10.2. The molecule has 0 unspecified atom stereocenters. The molecule has 0 aliphatic carbocycles. The van der Waals surface area contributed by atoms with Crippen molar-refractivity contribution in [2.75, 3.05) is 32.8 Å². The molecule has 1 aliphatic rings. The SMILES string of the molecule is CCOC(=O)CN1CCN(S(=O)(=O)c2ccc(Oc3ccc(Cl)cc3)cc2)[C@@H](C(=O)NO)C1. The standard InChI is InChI=1S/C21H24ClN3O7S/c1-2-31-20(26)14-24-11-12-25(19(13-24)21(27)23-28)33(29,30)18-9-7-17(8-10-18)32-16-5-3-15(22)4-6-16/h3-10,19,28H,2,11-14H2,1H3,(H,23,27)/t19-/m1/s1. The number of sulfonamides is 1. The molecule has 0 saturated carbocycles. The Bertz CT molecular complexity index is 1080. The molecule has 1 amide bonds. The average Bonchev–Trinajstić information content (AvgIpc) is 2.80. The molecule has 1 fully saturated rings. The number of nitrogens with zero attached hydrogens (tertiary/aromatic N) is 2. The number of piperazine rings is 1. The van der Waals surface area contributed by atoms with Gasteiger partial charge in [-0.25, -0.2) is 13.9 Å². The third-order valence-electron chi connectivity index (χ3n) is 4.97. The Morgan fingerprint density at radius 1 is 1.09 bits per heavy atom. The molecule has 1 atom stereocenters. The lowest BCUT2D eigenvalue weighted by molar-refractivity contribution is -0.146. The number of esters is 1. The first-order valence-electron chi connectivity index (χ1n) is 10.1. The lowest BCUT2D eigenvalue weighted by Crippen LogP contribution is -2.60. The van der Waals surface area contributed by atoms with Crippen LogP contribution in [0.3, 0.4) is 0 Å². The minimum Gasteiger partial charge on any atom is -0.465 e. The Morgan fingerprint density at radius 3 is 2.27 bits per heavy atom. The molecular weight excluding hydrogens is 474 g/mol. The lowest BCUT2D eigenvalue weighted by Gasteiger charge is -2.38. The van der Waals surface area contributed by atoms with Crippen molar-refractivity contribution in [2.24, 2.45) is 0 Å². The number of benzene rings is 2. The van der Waals surface area contributed by atoms with Gasteiger partial charge in [0, 0.05) is 24.7 Å². The number of halogens is 1. The van der Waals surface area contributed by atoms with E-state index in [2.05, 4.69) is 0 Å². The summed E-state index contributed by atoms with van der Waals surface area (Å²) in [7, 11) is -4.08. The second kappa shape index (κ2) is 10.9. The maximum absolute atomic E-state index is 13.3. The van der Waals surface area contributed by atoms with Crippen LogP contribution >= 0.6 is 11.6 Å². The highest BCUT2D eigenvalue weighted by molar-refractivity contribution is 7.89. The van der Waals surface area contributed by atoms with Gasteiger partial charge in [-0.15, -0.1) is 0 Å². The van der Waals surface area contributed by atoms with E-state index in [0.717, 1.165) is 4.31 Å². The van der Waals surface area contributed by atoms with Crippen molar-refractivity contribution < 1.29 is 32.7 Å². The second-order valence-electron chi connectivity index (χ2n) is 7.18. The van der Waals surface area contributed by atoms with Crippen LogP contribution in [-0.4, -0.2) is 73.5 Å². The van der Waals surface area contributed by atoms with Crippen LogP contribution in [0.25, 0.3) is 0 Å². The van der Waals surface area contributed by atoms with Crippen LogP contribution in [0.2, 0.25) is 5.02 Å². The topological polar surface area (TPSA) is 125 Å². The first-order valence-corrected chi connectivity index (χ1v) is 11.9. The maximum Gasteiger partial charge on any atom is 0.320 e. The van der Waals surface area contributed by atoms with Gasteiger partial charge < -0.3 is 9.47 Å². The van der Waals surface area contributed by atoms with Crippen LogP contribution in [0.1, 0.15) is 6.92 Å². The summed E-state index contributed by atoms with van der Waals surface area (Å²) in [5.41, 5.74) is 1.51. The van der Waals surface area contributed by atoms with Crippen LogP contribution in [0, 0.1) is 0 Å². The molecule has 33 heavy (non-hydrogen) atoms. The van der Waals surface area contributed by atoms with Gasteiger partial charge in [0.15, 0.2) is 0 Å². The molecule has 1 saturated heterocycles. The molecule has 178 valence electrons. The fourth-order valence-electron chi connectivity index (χ4n) is 3.39. The van der Waals surface area contributed by atoms with Crippen molar-refractivity contribution in [3.8, 4) is 11.5 Å². The summed E-state index contributed by atoms with van der Waals surface area (Å²) in [6.07, 6.45) is 0. The van der Waals surface area contributed by atoms with Crippen molar-refractivity contribution in [1.29, 1.82) is 0 Å². The van der Waals surface area contributed by atoms with E-state index in [9.17, 15) is 18.0 Å². The normalized spacial score (nSPS) is 17.4. The molecule has 2 aromatic carbocycles. The zero-order valence-corrected chi connectivity index (χ0v) is 19.4. The molecule has 3 rings (SSSR count). The Labute approximate surface area is 196 Å². The van der Waals surface area contributed by atoms with E-state index in [4.69, 9.17) is 26.3 Å². The van der Waals surface area contributed by atoms with E-state index < -0.39 is 27.9 Å². The van der Waals surface area contributed by atoms with Crippen LogP contribution in [-0.2, 0) is 24.3 Å². The number of hydrogen-bond donors (Lipinski definition) is 2. The van der Waals surface area contributed by atoms with Crippen LogP contribution in [0.4, 0.5) is 0 Å². The summed E-state index contributed by atoms with van der Waals surface area (Å²) in [5.74, 6) is -0.421. The van der Waals surface area contributed by atoms with Gasteiger partial charge in [-0.05, 0) is 55.5 Å². The van der Waals surface area contributed by atoms with E-state index in [1.165, 1.54) is 29.7 Å². The summed E-state index contributed by atoms with van der Waals surface area (Å²) in [5, 5.41) is 9.69. The number of amides is 1. The van der Waals surface area contributed by atoms with E-state index in [1.807, 2.05) is 0 Å². The third-order valence-corrected chi connectivity index (χ3v) is 7.14. The minimum atomic E-state index is -4.08. The number of carbonyl (C=O) groups is 2. The molecule has 0 spiro atoms. The number of hydroxylamine groups is 1. The molecule has 2 N–H and O–H groups in total. The molecule has 0 radical (unpaired) electrons. The van der Waals surface area contributed by atoms with Gasteiger partial charge in [0.2, 0.25) is 10.0 Å². The summed E-state index contributed by atoms with van der Waals surface area (Å²) < 4.78 is 38.1. The van der Waals surface area contributed by atoms with Crippen molar-refractivity contribution in [3.63, 3.8) is 0 Å². The van der Waals surface area contributed by atoms with Gasteiger partial charge in [0.25, 0.3) is 5.91 Å². The van der Waals surface area contributed by atoms with Crippen molar-refractivity contribution in [1.82, 2.24) is 14.7 Å². The first-order chi connectivity index (χ1) is 15.7. The number of rotatable bonds is 8. The molecule has 2 aromatic rings. The monoisotopic (exact) mass is 497 g/mol. The fraction of sp³-hybridized carbons (Fsp3) is 0.333. The number of carbonyl (C=O) groups excluding carboxylic acids is 2. The predicted octanol–water partition coefficient (Wildman–Crippen LogP) is 1.88. The van der Waals surface area contributed by atoms with Gasteiger partial charge in [-0.2, -0.15) is 4.31 Å². The Balaban J connectivity index is 1.76. The van der Waals surface area contributed by atoms with E-state index in [-0.39, 0.29) is 37.7 Å². The predicted molar refractivity (Wildman–Crippen MR) is 119 cm³/mol. The van der Waals surface area contributed by atoms with E-state index in [1.54, 1.807) is 36.1 Å². The molecule has 0 aromatic heterocycles. The van der Waals surface area contributed by atoms with Gasteiger partial charge in [-0.3, -0.25) is 19.7 Å². The van der Waals surface area contributed by atoms with Gasteiger partial charge in [0.05, 0.1) is 18.0 Å². The molecule has 12 heteroatoms. The summed E-state index contributed by atoms with van der Waals surface area (Å²) in [6.45, 7) is 1.88. The summed E-state index contributed by atoms with van der Waals surface area (Å²) in [6, 6.07) is 11.2. The molecule has 1 heterocycles. The Kier molecular flexibility index (Phi) is 8.27. The van der Waals surface area contributed by atoms with E-state index >= 15 is 0 Å². The highest BCUT2D eigenvalue weighted by Gasteiger charge is 2.40. The fourth-order valence-corrected chi connectivity index (χ4v) is 5.08. The first kappa shape index (κ1) is 24.9. The van der Waals surface area contributed by atoms with E-state index in [0.29, 0.717) is 16.5 Å². The van der Waals surface area contributed by atoms with Gasteiger partial charge in [-0.1, -0.05) is 11.6 Å². The summed E-state index contributed by atoms with van der Waals surface area (Å²) >= 11 is 5.85. The Morgan fingerprint density at radius 2 is 1.70 bits per heavy atom. The van der Waals surface area contributed by atoms with Gasteiger partial charge >= 0.3 is 5.97 Å². The van der Waals surface area contributed by atoms with Crippen molar-refractivity contribution in [3.05, 3.63) is 53.6 Å². The highest BCUT2D eigenvalue weighted by Crippen LogP contribution is 2.27. The highest BCUT2D eigenvalue weighted by atomic mass is 35.5. The van der Waals surface area contributed by atoms with Crippen molar-refractivity contribution in [2.45, 2.75) is 17.9 Å². The second-order valence-corrected chi connectivity index (χ2v) is 9.50. The largest absolute Gasteiger partial charge is 0.465 e. The molecular formula is C21H24ClN3O7S. The number of hydrogen-bond acceptors (Lipinski definition) is 8. The summed E-state index contributed by atoms with van der Waals surface area (Å²) in [4.78, 5) is 25.6. The smallest absolute Gasteiger partial charge is 0.320 e. The Hall–Kier alpha value is -2.70. The van der Waals surface area contributed by atoms with Crippen LogP contribution in [0.15, 0.2) is 53.4 Å². The van der Waals surface area contributed by atoms with Crippen LogP contribution in [0.5, 0.6) is 11.5 Å². The minimum absolute atomic E-state index is 0.0412.